The van der Waals surface area contributed by atoms with Gasteiger partial charge >= 0.3 is 0 Å². The summed E-state index contributed by atoms with van der Waals surface area (Å²) in [6.07, 6.45) is 0. The zero-order chi connectivity index (χ0) is 14.7. The highest BCUT2D eigenvalue weighted by Gasteiger charge is 2.14. The van der Waals surface area contributed by atoms with Gasteiger partial charge in [0.1, 0.15) is 5.02 Å². The molecule has 0 aliphatic rings. The monoisotopic (exact) mass is 354 g/mol. The summed E-state index contributed by atoms with van der Waals surface area (Å²) in [5.74, 6) is 0. The number of hydrogen-bond acceptors (Lipinski definition) is 3. The molecule has 2 rings (SSSR count). The molecule has 104 valence electrons. The molecule has 0 bridgehead atoms. The molecule has 6 heteroatoms. The highest BCUT2D eigenvalue weighted by atomic mass is 79.9. The first kappa shape index (κ1) is 14.8. The third-order valence-electron chi connectivity index (χ3n) is 2.92. The quantitative estimate of drug-likeness (QED) is 0.625. The van der Waals surface area contributed by atoms with Crippen LogP contribution in [0.5, 0.6) is 0 Å². The molecule has 0 amide bonds. The average molecular weight is 356 g/mol. The van der Waals surface area contributed by atoms with Crippen molar-refractivity contribution in [1.82, 2.24) is 0 Å². The molecule has 0 heterocycles. The first-order chi connectivity index (χ1) is 9.49. The Morgan fingerprint density at radius 1 is 1.35 bits per heavy atom. The third-order valence-corrected chi connectivity index (χ3v) is 3.99. The number of nitrogens with one attached hydrogen (secondary N) is 1. The summed E-state index contributed by atoms with van der Waals surface area (Å²) >= 11 is 9.40. The van der Waals surface area contributed by atoms with Crippen molar-refractivity contribution >= 4 is 38.9 Å². The van der Waals surface area contributed by atoms with Crippen LogP contribution < -0.4 is 5.32 Å². The van der Waals surface area contributed by atoms with Crippen molar-refractivity contribution in [3.05, 3.63) is 67.1 Å². The molecule has 4 nitrogen and oxygen atoms in total. The Bertz CT molecular complexity index is 662. The van der Waals surface area contributed by atoms with Crippen molar-refractivity contribution in [2.45, 2.75) is 13.5 Å². The van der Waals surface area contributed by atoms with Gasteiger partial charge in [-0.15, -0.1) is 0 Å². The number of nitro benzene ring substituents is 1. The van der Waals surface area contributed by atoms with E-state index in [9.17, 15) is 10.1 Å². The normalized spacial score (nSPS) is 10.3. The summed E-state index contributed by atoms with van der Waals surface area (Å²) in [6, 6.07) is 10.9. The van der Waals surface area contributed by atoms with E-state index in [1.165, 1.54) is 6.07 Å². The van der Waals surface area contributed by atoms with Crippen LogP contribution in [0.1, 0.15) is 11.1 Å². The van der Waals surface area contributed by atoms with Gasteiger partial charge in [-0.3, -0.25) is 10.1 Å². The average Bonchev–Trinajstić information content (AvgIpc) is 2.40. The molecule has 0 saturated carbocycles. The van der Waals surface area contributed by atoms with E-state index in [1.807, 2.05) is 31.2 Å². The van der Waals surface area contributed by atoms with Gasteiger partial charge < -0.3 is 5.32 Å². The van der Waals surface area contributed by atoms with E-state index in [1.54, 1.807) is 6.07 Å². The van der Waals surface area contributed by atoms with Crippen molar-refractivity contribution < 1.29 is 4.92 Å². The second kappa shape index (κ2) is 6.24. The molecule has 0 aromatic heterocycles. The Morgan fingerprint density at radius 2 is 2.05 bits per heavy atom. The molecule has 0 saturated heterocycles. The molecule has 0 aliphatic heterocycles. The molecule has 2 aromatic carbocycles. The fraction of sp³-hybridized carbons (Fsp3) is 0.143. The van der Waals surface area contributed by atoms with Gasteiger partial charge in [0, 0.05) is 22.8 Å². The minimum absolute atomic E-state index is 0.0735. The fourth-order valence-corrected chi connectivity index (χ4v) is 2.49. The molecular weight excluding hydrogens is 344 g/mol. The van der Waals surface area contributed by atoms with Crippen LogP contribution in [0.4, 0.5) is 11.4 Å². The number of nitrogens with zero attached hydrogens (tertiary/aromatic N) is 1. The van der Waals surface area contributed by atoms with Crippen LogP contribution in [-0.4, -0.2) is 4.92 Å². The topological polar surface area (TPSA) is 55.2 Å². The highest BCUT2D eigenvalue weighted by Crippen LogP contribution is 2.31. The minimum atomic E-state index is -0.479. The van der Waals surface area contributed by atoms with E-state index < -0.39 is 4.92 Å². The van der Waals surface area contributed by atoms with Gasteiger partial charge in [0.15, 0.2) is 0 Å². The second-order valence-corrected chi connectivity index (χ2v) is 5.58. The number of rotatable bonds is 4. The molecule has 0 aliphatic carbocycles. The maximum absolute atomic E-state index is 10.8. The van der Waals surface area contributed by atoms with Crippen LogP contribution in [0.3, 0.4) is 0 Å². The van der Waals surface area contributed by atoms with Crippen LogP contribution in [0.15, 0.2) is 40.9 Å². The first-order valence-electron chi connectivity index (χ1n) is 5.91. The summed E-state index contributed by atoms with van der Waals surface area (Å²) < 4.78 is 1.01. The van der Waals surface area contributed by atoms with Crippen molar-refractivity contribution in [3.63, 3.8) is 0 Å². The van der Waals surface area contributed by atoms with Crippen LogP contribution in [0, 0.1) is 17.0 Å². The molecule has 1 N–H and O–H groups in total. The van der Waals surface area contributed by atoms with Crippen LogP contribution in [-0.2, 0) is 6.54 Å². The molecule has 0 atom stereocenters. The fourth-order valence-electron chi connectivity index (χ4n) is 1.83. The van der Waals surface area contributed by atoms with Crippen molar-refractivity contribution in [3.8, 4) is 0 Å². The van der Waals surface area contributed by atoms with E-state index >= 15 is 0 Å². The Labute approximate surface area is 130 Å². The predicted molar refractivity (Wildman–Crippen MR) is 84.3 cm³/mol. The van der Waals surface area contributed by atoms with Crippen molar-refractivity contribution in [1.29, 1.82) is 0 Å². The highest BCUT2D eigenvalue weighted by molar-refractivity contribution is 9.10. The summed E-state index contributed by atoms with van der Waals surface area (Å²) in [4.78, 5) is 10.3. The largest absolute Gasteiger partial charge is 0.381 e. The lowest BCUT2D eigenvalue weighted by Gasteiger charge is -2.11. The van der Waals surface area contributed by atoms with Gasteiger partial charge in [0.2, 0.25) is 0 Å². The van der Waals surface area contributed by atoms with Gasteiger partial charge in [-0.2, -0.15) is 0 Å². The van der Waals surface area contributed by atoms with Gasteiger partial charge in [-0.1, -0.05) is 45.7 Å². The Kier molecular flexibility index (Phi) is 4.62. The summed E-state index contributed by atoms with van der Waals surface area (Å²) in [5, 5.41) is 14.2. The van der Waals surface area contributed by atoms with E-state index in [4.69, 9.17) is 11.6 Å². The Hall–Kier alpha value is -1.59. The molecule has 2 aromatic rings. The third kappa shape index (κ3) is 3.29. The molecule has 0 unspecified atom stereocenters. The van der Waals surface area contributed by atoms with Crippen molar-refractivity contribution in [2.75, 3.05) is 5.32 Å². The summed E-state index contributed by atoms with van der Waals surface area (Å²) in [5.41, 5.74) is 2.60. The van der Waals surface area contributed by atoms with E-state index in [0.29, 0.717) is 6.54 Å². The van der Waals surface area contributed by atoms with Gasteiger partial charge in [0.05, 0.1) is 4.92 Å². The van der Waals surface area contributed by atoms with Crippen LogP contribution in [0.25, 0.3) is 0 Å². The number of hydrogen-bond donors (Lipinski definition) is 1. The zero-order valence-electron chi connectivity index (χ0n) is 10.7. The zero-order valence-corrected chi connectivity index (χ0v) is 13.0. The van der Waals surface area contributed by atoms with Gasteiger partial charge in [-0.25, -0.2) is 0 Å². The maximum atomic E-state index is 10.8. The molecule has 0 spiro atoms. The SMILES string of the molecule is Cc1cc([N+](=O)[O-])c(Cl)cc1NCc1ccccc1Br. The first-order valence-corrected chi connectivity index (χ1v) is 7.08. The van der Waals surface area contributed by atoms with Crippen molar-refractivity contribution in [2.24, 2.45) is 0 Å². The van der Waals surface area contributed by atoms with Crippen LogP contribution in [0.2, 0.25) is 5.02 Å². The van der Waals surface area contributed by atoms with E-state index in [2.05, 4.69) is 21.2 Å². The molecular formula is C14H12BrClN2O2. The predicted octanol–water partition coefficient (Wildman–Crippen LogP) is 4.93. The van der Waals surface area contributed by atoms with E-state index in [-0.39, 0.29) is 10.7 Å². The van der Waals surface area contributed by atoms with Crippen LogP contribution >= 0.6 is 27.5 Å². The van der Waals surface area contributed by atoms with Gasteiger partial charge in [0.25, 0.3) is 5.69 Å². The van der Waals surface area contributed by atoms with E-state index in [0.717, 1.165) is 21.3 Å². The standard InChI is InChI=1S/C14H12BrClN2O2/c1-9-6-14(18(19)20)12(16)7-13(9)17-8-10-4-2-3-5-11(10)15/h2-7,17H,8H2,1H3. The lowest BCUT2D eigenvalue weighted by atomic mass is 10.1. The minimum Gasteiger partial charge on any atom is -0.381 e. The summed E-state index contributed by atoms with van der Waals surface area (Å²) in [7, 11) is 0. The number of benzene rings is 2. The van der Waals surface area contributed by atoms with Gasteiger partial charge in [-0.05, 0) is 30.2 Å². The number of aryl methyl sites for hydroxylation is 1. The second-order valence-electron chi connectivity index (χ2n) is 4.32. The number of anilines is 1. The lowest BCUT2D eigenvalue weighted by Crippen LogP contribution is -2.02. The smallest absolute Gasteiger partial charge is 0.288 e. The summed E-state index contributed by atoms with van der Waals surface area (Å²) in [6.45, 7) is 2.42. The number of halogens is 2. The lowest BCUT2D eigenvalue weighted by molar-refractivity contribution is -0.384. The molecule has 0 radical (unpaired) electrons. The number of nitro groups is 1. The molecule has 0 fully saturated rings. The maximum Gasteiger partial charge on any atom is 0.288 e. The molecule has 20 heavy (non-hydrogen) atoms. The Balaban J connectivity index is 2.21. The Morgan fingerprint density at radius 3 is 2.70 bits per heavy atom.